The molecular formula is C12H8BrFN4. The van der Waals surface area contributed by atoms with Crippen LogP contribution in [0.2, 0.25) is 0 Å². The van der Waals surface area contributed by atoms with Crippen molar-refractivity contribution in [3.8, 4) is 11.4 Å². The molecule has 0 aliphatic rings. The Labute approximate surface area is 110 Å². The molecule has 0 radical (unpaired) electrons. The SMILES string of the molecule is Nc1ccc2nc(-c3cc(Br)ccc3F)nn2c1. The Kier molecular flexibility index (Phi) is 2.52. The number of anilines is 1. The Morgan fingerprint density at radius 1 is 1.22 bits per heavy atom. The summed E-state index contributed by atoms with van der Waals surface area (Å²) in [4.78, 5) is 4.26. The fourth-order valence-electron chi connectivity index (χ4n) is 1.68. The van der Waals surface area contributed by atoms with E-state index in [4.69, 9.17) is 5.73 Å². The molecule has 2 N–H and O–H groups in total. The highest BCUT2D eigenvalue weighted by atomic mass is 79.9. The number of nitrogens with zero attached hydrogens (tertiary/aromatic N) is 3. The lowest BCUT2D eigenvalue weighted by atomic mass is 10.2. The minimum atomic E-state index is -0.359. The Morgan fingerprint density at radius 2 is 2.06 bits per heavy atom. The topological polar surface area (TPSA) is 56.2 Å². The number of halogens is 2. The van der Waals surface area contributed by atoms with Gasteiger partial charge in [-0.2, -0.15) is 0 Å². The Hall–Kier alpha value is -1.95. The molecule has 0 fully saturated rings. The van der Waals surface area contributed by atoms with Crippen LogP contribution in [0.4, 0.5) is 10.1 Å². The van der Waals surface area contributed by atoms with E-state index in [1.54, 1.807) is 30.5 Å². The number of nitrogen functional groups attached to an aromatic ring is 1. The van der Waals surface area contributed by atoms with Gasteiger partial charge in [0.2, 0.25) is 0 Å². The van der Waals surface area contributed by atoms with Crippen LogP contribution in [-0.2, 0) is 0 Å². The first-order valence-corrected chi connectivity index (χ1v) is 6.00. The fourth-order valence-corrected chi connectivity index (χ4v) is 2.04. The third-order valence-corrected chi connectivity index (χ3v) is 3.02. The molecule has 0 aliphatic heterocycles. The second-order valence-electron chi connectivity index (χ2n) is 3.82. The Morgan fingerprint density at radius 3 is 2.89 bits per heavy atom. The van der Waals surface area contributed by atoms with E-state index in [1.807, 2.05) is 0 Å². The molecule has 2 aromatic heterocycles. The Balaban J connectivity index is 2.22. The molecule has 2 heterocycles. The van der Waals surface area contributed by atoms with Gasteiger partial charge in [-0.3, -0.25) is 0 Å². The lowest BCUT2D eigenvalue weighted by Gasteiger charge is -1.98. The van der Waals surface area contributed by atoms with Crippen molar-refractivity contribution in [2.75, 3.05) is 5.73 Å². The lowest BCUT2D eigenvalue weighted by molar-refractivity contribution is 0.629. The number of hydrogen-bond acceptors (Lipinski definition) is 3. The summed E-state index contributed by atoms with van der Waals surface area (Å²) in [5.74, 6) is -0.0264. The quantitative estimate of drug-likeness (QED) is 0.752. The average Bonchev–Trinajstić information content (AvgIpc) is 2.74. The fraction of sp³-hybridized carbons (Fsp3) is 0. The lowest BCUT2D eigenvalue weighted by Crippen LogP contribution is -1.91. The molecule has 90 valence electrons. The number of hydrogen-bond donors (Lipinski definition) is 1. The van der Waals surface area contributed by atoms with Crippen molar-refractivity contribution in [2.45, 2.75) is 0 Å². The summed E-state index contributed by atoms with van der Waals surface area (Å²) in [7, 11) is 0. The summed E-state index contributed by atoms with van der Waals surface area (Å²) in [5, 5.41) is 4.21. The van der Waals surface area contributed by atoms with Gasteiger partial charge < -0.3 is 5.73 Å². The van der Waals surface area contributed by atoms with E-state index >= 15 is 0 Å². The molecular weight excluding hydrogens is 299 g/mol. The molecule has 3 rings (SSSR count). The summed E-state index contributed by atoms with van der Waals surface area (Å²) in [6.07, 6.45) is 1.64. The number of nitrogens with two attached hydrogens (primary N) is 1. The van der Waals surface area contributed by atoms with Crippen molar-refractivity contribution in [3.05, 3.63) is 46.8 Å². The molecule has 0 atom stereocenters. The van der Waals surface area contributed by atoms with Gasteiger partial charge in [-0.25, -0.2) is 13.9 Å². The number of aromatic nitrogens is 3. The molecule has 4 nitrogen and oxygen atoms in total. The van der Waals surface area contributed by atoms with E-state index in [9.17, 15) is 4.39 Å². The number of benzene rings is 1. The average molecular weight is 307 g/mol. The highest BCUT2D eigenvalue weighted by Gasteiger charge is 2.11. The van der Waals surface area contributed by atoms with Crippen LogP contribution in [0.25, 0.3) is 17.0 Å². The standard InChI is InChI=1S/C12H8BrFN4/c13-7-1-3-10(14)9(5-7)12-16-11-4-2-8(15)6-18(11)17-12/h1-6H,15H2. The molecule has 1 aromatic carbocycles. The third kappa shape index (κ3) is 1.84. The van der Waals surface area contributed by atoms with E-state index in [1.165, 1.54) is 10.6 Å². The zero-order chi connectivity index (χ0) is 12.7. The highest BCUT2D eigenvalue weighted by molar-refractivity contribution is 9.10. The van der Waals surface area contributed by atoms with Crippen molar-refractivity contribution in [1.82, 2.24) is 14.6 Å². The Bertz CT molecular complexity index is 738. The molecule has 3 aromatic rings. The first kappa shape index (κ1) is 11.2. The zero-order valence-electron chi connectivity index (χ0n) is 9.14. The second kappa shape index (κ2) is 4.06. The maximum Gasteiger partial charge on any atom is 0.185 e. The summed E-state index contributed by atoms with van der Waals surface area (Å²) in [5.41, 5.74) is 7.21. The van der Waals surface area contributed by atoms with Crippen molar-refractivity contribution < 1.29 is 4.39 Å². The van der Waals surface area contributed by atoms with E-state index in [0.717, 1.165) is 4.47 Å². The normalized spacial score (nSPS) is 11.0. The number of rotatable bonds is 1. The van der Waals surface area contributed by atoms with E-state index in [2.05, 4.69) is 26.0 Å². The first-order chi connectivity index (χ1) is 8.63. The number of pyridine rings is 1. The molecule has 18 heavy (non-hydrogen) atoms. The van der Waals surface area contributed by atoms with Crippen molar-refractivity contribution >= 4 is 27.3 Å². The van der Waals surface area contributed by atoms with Crippen LogP contribution in [0.3, 0.4) is 0 Å². The molecule has 0 amide bonds. The van der Waals surface area contributed by atoms with E-state index in [0.29, 0.717) is 22.7 Å². The van der Waals surface area contributed by atoms with Crippen LogP contribution in [0.1, 0.15) is 0 Å². The molecule has 0 aliphatic carbocycles. The van der Waals surface area contributed by atoms with Gasteiger partial charge in [-0.1, -0.05) is 15.9 Å². The van der Waals surface area contributed by atoms with E-state index in [-0.39, 0.29) is 5.82 Å². The maximum absolute atomic E-state index is 13.7. The molecule has 0 saturated heterocycles. The molecule has 0 spiro atoms. The van der Waals surface area contributed by atoms with Gasteiger partial charge in [0.1, 0.15) is 5.82 Å². The van der Waals surface area contributed by atoms with Crippen molar-refractivity contribution in [3.63, 3.8) is 0 Å². The van der Waals surface area contributed by atoms with Crippen LogP contribution < -0.4 is 5.73 Å². The summed E-state index contributed by atoms with van der Waals surface area (Å²) in [6, 6.07) is 8.12. The second-order valence-corrected chi connectivity index (χ2v) is 4.74. The third-order valence-electron chi connectivity index (χ3n) is 2.52. The minimum absolute atomic E-state index is 0.333. The largest absolute Gasteiger partial charge is 0.397 e. The van der Waals surface area contributed by atoms with Crippen LogP contribution in [0.15, 0.2) is 41.0 Å². The highest BCUT2D eigenvalue weighted by Crippen LogP contribution is 2.24. The van der Waals surface area contributed by atoms with Gasteiger partial charge in [-0.05, 0) is 30.3 Å². The van der Waals surface area contributed by atoms with Gasteiger partial charge in [0.15, 0.2) is 11.5 Å². The zero-order valence-corrected chi connectivity index (χ0v) is 10.7. The van der Waals surface area contributed by atoms with Gasteiger partial charge in [0.05, 0.1) is 17.4 Å². The summed E-state index contributed by atoms with van der Waals surface area (Å²) >= 11 is 3.30. The first-order valence-electron chi connectivity index (χ1n) is 5.21. The predicted molar refractivity (Wildman–Crippen MR) is 70.5 cm³/mol. The molecule has 0 bridgehead atoms. The molecule has 0 unspecified atom stereocenters. The van der Waals surface area contributed by atoms with Gasteiger partial charge in [0.25, 0.3) is 0 Å². The summed E-state index contributed by atoms with van der Waals surface area (Å²) < 4.78 is 16.0. The molecule has 0 saturated carbocycles. The van der Waals surface area contributed by atoms with Gasteiger partial charge in [-0.15, -0.1) is 5.10 Å². The van der Waals surface area contributed by atoms with Crippen LogP contribution in [0, 0.1) is 5.82 Å². The number of fused-ring (bicyclic) bond motifs is 1. The maximum atomic E-state index is 13.7. The van der Waals surface area contributed by atoms with Crippen molar-refractivity contribution in [1.29, 1.82) is 0 Å². The van der Waals surface area contributed by atoms with Crippen LogP contribution >= 0.6 is 15.9 Å². The van der Waals surface area contributed by atoms with Crippen molar-refractivity contribution in [2.24, 2.45) is 0 Å². The van der Waals surface area contributed by atoms with Gasteiger partial charge >= 0.3 is 0 Å². The minimum Gasteiger partial charge on any atom is -0.397 e. The van der Waals surface area contributed by atoms with E-state index < -0.39 is 0 Å². The smallest absolute Gasteiger partial charge is 0.185 e. The van der Waals surface area contributed by atoms with Crippen LogP contribution in [-0.4, -0.2) is 14.6 Å². The predicted octanol–water partition coefficient (Wildman–Crippen LogP) is 2.88. The van der Waals surface area contributed by atoms with Crippen LogP contribution in [0.5, 0.6) is 0 Å². The van der Waals surface area contributed by atoms with Gasteiger partial charge in [0, 0.05) is 4.47 Å². The molecule has 6 heteroatoms. The summed E-state index contributed by atoms with van der Waals surface area (Å²) in [6.45, 7) is 0. The monoisotopic (exact) mass is 306 g/mol.